The van der Waals surface area contributed by atoms with Gasteiger partial charge in [-0.3, -0.25) is 9.36 Å². The Hall–Kier alpha value is -5.16. The van der Waals surface area contributed by atoms with Crippen molar-refractivity contribution in [3.8, 4) is 17.2 Å². The highest BCUT2D eigenvalue weighted by atomic mass is 16.4. The Morgan fingerprint density at radius 3 is 2.61 bits per heavy atom. The first-order chi connectivity index (χ1) is 19.9. The van der Waals surface area contributed by atoms with Crippen LogP contribution < -0.4 is 5.32 Å². The zero-order valence-corrected chi connectivity index (χ0v) is 22.8. The predicted molar refractivity (Wildman–Crippen MR) is 157 cm³/mol. The number of carboxylic acid groups (broad SMARTS) is 1. The van der Waals surface area contributed by atoms with Gasteiger partial charge in [-0.15, -0.1) is 0 Å². The minimum absolute atomic E-state index is 0.0419. The molecule has 1 amide bonds. The number of rotatable bonds is 10. The van der Waals surface area contributed by atoms with Gasteiger partial charge in [0.25, 0.3) is 0 Å². The van der Waals surface area contributed by atoms with E-state index in [0.29, 0.717) is 31.5 Å². The molecule has 0 aliphatic carbocycles. The summed E-state index contributed by atoms with van der Waals surface area (Å²) in [5.41, 5.74) is 5.39. The number of hydrogen-bond donors (Lipinski definition) is 2. The monoisotopic (exact) mass is 545 g/mol. The van der Waals surface area contributed by atoms with E-state index in [1.165, 1.54) is 0 Å². The van der Waals surface area contributed by atoms with Gasteiger partial charge in [-0.2, -0.15) is 5.26 Å². The summed E-state index contributed by atoms with van der Waals surface area (Å²) < 4.78 is 3.69. The third-order valence-corrected chi connectivity index (χ3v) is 7.25. The first-order valence-corrected chi connectivity index (χ1v) is 13.6. The molecule has 0 radical (unpaired) electrons. The summed E-state index contributed by atoms with van der Waals surface area (Å²) in [5, 5.41) is 23.3. The van der Waals surface area contributed by atoms with Gasteiger partial charge in [0.15, 0.2) is 0 Å². The van der Waals surface area contributed by atoms with Crippen molar-refractivity contribution in [2.45, 2.75) is 32.7 Å². The number of imidazole rings is 1. The summed E-state index contributed by atoms with van der Waals surface area (Å²) in [6.07, 6.45) is 6.57. The number of nitrogens with one attached hydrogen (secondary N) is 1. The number of aromatic nitrogens is 3. The molecule has 1 atom stereocenters. The van der Waals surface area contributed by atoms with Crippen LogP contribution in [0.15, 0.2) is 91.5 Å². The van der Waals surface area contributed by atoms with Gasteiger partial charge >= 0.3 is 12.0 Å². The third-order valence-electron chi connectivity index (χ3n) is 7.25. The molecule has 0 aliphatic heterocycles. The third kappa shape index (κ3) is 6.53. The van der Waals surface area contributed by atoms with E-state index in [0.717, 1.165) is 38.9 Å². The van der Waals surface area contributed by atoms with Gasteiger partial charge in [0, 0.05) is 55.3 Å². The molecule has 0 bridgehead atoms. The van der Waals surface area contributed by atoms with E-state index in [-0.39, 0.29) is 18.4 Å². The summed E-state index contributed by atoms with van der Waals surface area (Å²) in [5.74, 6) is -0.881. The maximum absolute atomic E-state index is 13.4. The molecule has 5 rings (SSSR count). The fourth-order valence-corrected chi connectivity index (χ4v) is 5.07. The van der Waals surface area contributed by atoms with Gasteiger partial charge in [0.05, 0.1) is 18.0 Å². The molecule has 8 heteroatoms. The molecule has 2 aromatic heterocycles. The zero-order chi connectivity index (χ0) is 28.8. The lowest BCUT2D eigenvalue weighted by Crippen LogP contribution is -2.31. The van der Waals surface area contributed by atoms with Crippen LogP contribution in [0.2, 0.25) is 0 Å². The van der Waals surface area contributed by atoms with Gasteiger partial charge in [-0.1, -0.05) is 61.5 Å². The highest BCUT2D eigenvalue weighted by molar-refractivity contribution is 5.97. The molecular weight excluding hydrogens is 514 g/mol. The lowest BCUT2D eigenvalue weighted by molar-refractivity contribution is -0.138. The summed E-state index contributed by atoms with van der Waals surface area (Å²) in [6, 6.07) is 25.7. The Morgan fingerprint density at radius 2 is 1.83 bits per heavy atom. The second-order valence-corrected chi connectivity index (χ2v) is 10.3. The van der Waals surface area contributed by atoms with Crippen molar-refractivity contribution in [3.63, 3.8) is 0 Å². The fourth-order valence-electron chi connectivity index (χ4n) is 5.07. The number of nitrogens with zero attached hydrogens (tertiary/aromatic N) is 4. The van der Waals surface area contributed by atoms with Crippen LogP contribution in [0.25, 0.3) is 21.9 Å². The first-order valence-electron chi connectivity index (χ1n) is 13.6. The van der Waals surface area contributed by atoms with E-state index in [9.17, 15) is 9.59 Å². The Morgan fingerprint density at radius 1 is 1.05 bits per heavy atom. The topological polar surface area (TPSA) is 113 Å². The number of carbonyl (C=O) groups is 2. The number of fused-ring (bicyclic) bond motifs is 1. The summed E-state index contributed by atoms with van der Waals surface area (Å²) in [7, 11) is 0. The maximum atomic E-state index is 13.4. The second-order valence-electron chi connectivity index (χ2n) is 10.3. The number of aliphatic carboxylic acids is 1. The molecule has 0 fully saturated rings. The Kier molecular flexibility index (Phi) is 8.26. The largest absolute Gasteiger partial charge is 0.481 e. The molecule has 0 unspecified atom stereocenters. The molecule has 0 spiro atoms. The van der Waals surface area contributed by atoms with Gasteiger partial charge in [0.1, 0.15) is 0 Å². The fraction of sp³-hybridized carbons (Fsp3) is 0.212. The van der Waals surface area contributed by atoms with E-state index in [1.807, 2.05) is 60.3 Å². The molecule has 0 saturated heterocycles. The van der Waals surface area contributed by atoms with Gasteiger partial charge < -0.3 is 15.0 Å². The first kappa shape index (κ1) is 27.4. The van der Waals surface area contributed by atoms with E-state index >= 15 is 0 Å². The lowest BCUT2D eigenvalue weighted by Gasteiger charge is -2.13. The van der Waals surface area contributed by atoms with Crippen molar-refractivity contribution in [2.24, 2.45) is 5.92 Å². The predicted octanol–water partition coefficient (Wildman–Crippen LogP) is 6.07. The Bertz CT molecular complexity index is 1720. The van der Waals surface area contributed by atoms with Crippen LogP contribution in [-0.2, 0) is 17.8 Å². The molecule has 0 aliphatic rings. The van der Waals surface area contributed by atoms with Crippen molar-refractivity contribution >= 4 is 22.8 Å². The molecule has 8 nitrogen and oxygen atoms in total. The number of nitriles is 1. The summed E-state index contributed by atoms with van der Waals surface area (Å²) >= 11 is 0. The van der Waals surface area contributed by atoms with Crippen LogP contribution >= 0.6 is 0 Å². The molecule has 206 valence electrons. The molecular formula is C33H31N5O3. The average Bonchev–Trinajstić information content (AvgIpc) is 3.59. The molecule has 0 saturated carbocycles. The molecule has 3 aromatic carbocycles. The quantitative estimate of drug-likeness (QED) is 0.221. The number of carboxylic acids is 1. The number of carbonyl (C=O) groups excluding carboxylic acids is 1. The van der Waals surface area contributed by atoms with Crippen LogP contribution in [0.5, 0.6) is 0 Å². The smallest absolute Gasteiger partial charge is 0.325 e. The minimum atomic E-state index is -0.839. The van der Waals surface area contributed by atoms with E-state index in [4.69, 9.17) is 10.4 Å². The normalized spacial score (nSPS) is 11.7. The molecule has 2 heterocycles. The lowest BCUT2D eigenvalue weighted by atomic mass is 10.00. The number of benzene rings is 3. The summed E-state index contributed by atoms with van der Waals surface area (Å²) in [4.78, 5) is 28.8. The van der Waals surface area contributed by atoms with Crippen LogP contribution in [0.1, 0.15) is 42.3 Å². The highest BCUT2D eigenvalue weighted by Crippen LogP contribution is 2.31. The van der Waals surface area contributed by atoms with Gasteiger partial charge in [-0.05, 0) is 52.4 Å². The zero-order valence-electron chi connectivity index (χ0n) is 22.8. The highest BCUT2D eigenvalue weighted by Gasteiger charge is 2.17. The average molecular weight is 546 g/mol. The molecule has 2 N–H and O–H groups in total. The molecule has 41 heavy (non-hydrogen) atoms. The summed E-state index contributed by atoms with van der Waals surface area (Å²) in [6.45, 7) is 2.84. The SMILES string of the molecule is C[C@@H](CCNC(=O)n1cc(-c2cccc3ccccc23)cc1Cc1cncn1Cc1ccc(C#N)cc1)CC(=O)O. The van der Waals surface area contributed by atoms with Crippen molar-refractivity contribution in [1.82, 2.24) is 19.4 Å². The number of hydrogen-bond acceptors (Lipinski definition) is 4. The van der Waals surface area contributed by atoms with Crippen molar-refractivity contribution in [1.29, 1.82) is 5.26 Å². The van der Waals surface area contributed by atoms with Crippen LogP contribution in [0.3, 0.4) is 0 Å². The Balaban J connectivity index is 1.44. The molecule has 5 aromatic rings. The van der Waals surface area contributed by atoms with Crippen LogP contribution in [-0.4, -0.2) is 37.8 Å². The van der Waals surface area contributed by atoms with Crippen molar-refractivity contribution < 1.29 is 14.7 Å². The van der Waals surface area contributed by atoms with Crippen LogP contribution in [0, 0.1) is 17.2 Å². The second kappa shape index (κ2) is 12.3. The van der Waals surface area contributed by atoms with E-state index in [2.05, 4.69) is 40.6 Å². The minimum Gasteiger partial charge on any atom is -0.481 e. The maximum Gasteiger partial charge on any atom is 0.325 e. The van der Waals surface area contributed by atoms with E-state index < -0.39 is 5.97 Å². The number of amides is 1. The van der Waals surface area contributed by atoms with Crippen molar-refractivity contribution in [2.75, 3.05) is 6.54 Å². The standard InChI is InChI=1S/C33H31N5O3/c1-23(15-32(39)40)13-14-36-33(41)38-21-27(31-8-4-6-26-5-2-3-7-30(26)31)16-28(38)17-29-19-35-22-37(29)20-25-11-9-24(18-34)10-12-25/h2-12,16,19,21-23H,13-15,17,20H2,1H3,(H,36,41)(H,39,40)/t23-/m0/s1. The van der Waals surface area contributed by atoms with Crippen molar-refractivity contribution in [3.05, 3.63) is 114 Å². The van der Waals surface area contributed by atoms with Crippen LogP contribution in [0.4, 0.5) is 4.79 Å². The van der Waals surface area contributed by atoms with Gasteiger partial charge in [0.2, 0.25) is 0 Å². The van der Waals surface area contributed by atoms with E-state index in [1.54, 1.807) is 23.0 Å². The Labute approximate surface area is 238 Å². The van der Waals surface area contributed by atoms with Gasteiger partial charge in [-0.25, -0.2) is 9.78 Å².